The van der Waals surface area contributed by atoms with Crippen LogP contribution in [0.2, 0.25) is 10.0 Å². The Labute approximate surface area is 173 Å². The van der Waals surface area contributed by atoms with Gasteiger partial charge in [0.2, 0.25) is 0 Å². The number of alkyl halides is 7. The van der Waals surface area contributed by atoms with E-state index in [0.717, 1.165) is 0 Å². The molecule has 13 heteroatoms. The van der Waals surface area contributed by atoms with Crippen molar-refractivity contribution in [3.63, 3.8) is 0 Å². The zero-order chi connectivity index (χ0) is 22.2. The summed E-state index contributed by atoms with van der Waals surface area (Å²) in [5, 5.41) is -4.16. The Morgan fingerprint density at radius 1 is 0.966 bits per heavy atom. The van der Waals surface area contributed by atoms with Crippen molar-refractivity contribution in [1.29, 1.82) is 0 Å². The Balaban J connectivity index is 2.29. The fourth-order valence-electron chi connectivity index (χ4n) is 1.97. The van der Waals surface area contributed by atoms with E-state index in [-0.39, 0.29) is 16.9 Å². The van der Waals surface area contributed by atoms with E-state index in [0.29, 0.717) is 12.1 Å². The summed E-state index contributed by atoms with van der Waals surface area (Å²) < 4.78 is 89.9. The lowest BCUT2D eigenvalue weighted by Crippen LogP contribution is -2.49. The largest absolute Gasteiger partial charge is 0.460 e. The van der Waals surface area contributed by atoms with Crippen LogP contribution in [-0.4, -0.2) is 23.3 Å². The number of amides is 1. The Kier molecular flexibility index (Phi) is 6.56. The SMILES string of the molecule is Nc1cccc(C(=O)Nc2c(Cl)cc(SC(F)(F)C(F)(F)C(F)(F)F)cc2Cl)c1. The molecular weight excluding hydrogens is 472 g/mol. The number of nitrogens with two attached hydrogens (primary N) is 1. The van der Waals surface area contributed by atoms with E-state index in [1.54, 1.807) is 0 Å². The molecule has 0 aliphatic heterocycles. The highest BCUT2D eigenvalue weighted by Crippen LogP contribution is 2.54. The zero-order valence-electron chi connectivity index (χ0n) is 13.8. The predicted octanol–water partition coefficient (Wildman–Crippen LogP) is 6.71. The summed E-state index contributed by atoms with van der Waals surface area (Å²) in [4.78, 5) is 11.4. The second-order valence-electron chi connectivity index (χ2n) is 5.53. The first-order valence-electron chi connectivity index (χ1n) is 7.33. The Morgan fingerprint density at radius 2 is 1.52 bits per heavy atom. The molecule has 0 aliphatic rings. The number of nitrogens with one attached hydrogen (secondary N) is 1. The molecule has 0 aliphatic carbocycles. The standard InChI is InChI=1S/C16H9Cl2F7N2OS/c17-10-5-9(29-16(24,25)14(19,20)15(21,22)23)6-11(18)12(10)27-13(28)7-2-1-3-8(26)4-7/h1-6H,26H2,(H,27,28). The second kappa shape index (κ2) is 8.11. The normalized spacial score (nSPS) is 12.7. The molecule has 0 radical (unpaired) electrons. The molecule has 3 nitrogen and oxygen atoms in total. The average molecular weight is 481 g/mol. The number of hydrogen-bond acceptors (Lipinski definition) is 3. The number of nitrogen functional groups attached to an aromatic ring is 1. The Bertz CT molecular complexity index is 915. The van der Waals surface area contributed by atoms with Crippen LogP contribution in [0.5, 0.6) is 0 Å². The van der Waals surface area contributed by atoms with Crippen molar-refractivity contribution in [2.45, 2.75) is 22.2 Å². The van der Waals surface area contributed by atoms with Gasteiger partial charge in [0, 0.05) is 16.1 Å². The highest BCUT2D eigenvalue weighted by atomic mass is 35.5. The molecule has 2 aromatic rings. The summed E-state index contributed by atoms with van der Waals surface area (Å²) >= 11 is 10.6. The molecule has 3 N–H and O–H groups in total. The van der Waals surface area contributed by atoms with Crippen LogP contribution in [0.25, 0.3) is 0 Å². The maximum absolute atomic E-state index is 13.5. The molecule has 29 heavy (non-hydrogen) atoms. The first-order chi connectivity index (χ1) is 13.2. The summed E-state index contributed by atoms with van der Waals surface area (Å²) in [7, 11) is 0. The third-order valence-corrected chi connectivity index (χ3v) is 4.95. The van der Waals surface area contributed by atoms with Gasteiger partial charge in [0.25, 0.3) is 5.91 Å². The molecule has 1 amide bonds. The molecule has 0 atom stereocenters. The van der Waals surface area contributed by atoms with Gasteiger partial charge in [0.15, 0.2) is 0 Å². The van der Waals surface area contributed by atoms with Crippen molar-refractivity contribution in [2.24, 2.45) is 0 Å². The van der Waals surface area contributed by atoms with Crippen molar-refractivity contribution in [3.05, 3.63) is 52.0 Å². The lowest BCUT2D eigenvalue weighted by molar-refractivity contribution is -0.330. The molecule has 0 bridgehead atoms. The summed E-state index contributed by atoms with van der Waals surface area (Å²) in [6.07, 6.45) is -6.47. The van der Waals surface area contributed by atoms with Crippen molar-refractivity contribution >= 4 is 52.2 Å². The molecule has 2 aromatic carbocycles. The van der Waals surface area contributed by atoms with E-state index >= 15 is 0 Å². The Morgan fingerprint density at radius 3 is 2.00 bits per heavy atom. The topological polar surface area (TPSA) is 55.1 Å². The molecule has 2 rings (SSSR count). The number of carbonyl (C=O) groups excluding carboxylic acids is 1. The molecular formula is C16H9Cl2F7N2OS. The van der Waals surface area contributed by atoms with Crippen molar-refractivity contribution in [1.82, 2.24) is 0 Å². The van der Waals surface area contributed by atoms with Crippen molar-refractivity contribution < 1.29 is 35.5 Å². The fourth-order valence-corrected chi connectivity index (χ4v) is 3.58. The minimum absolute atomic E-state index is 0.104. The van der Waals surface area contributed by atoms with E-state index < -0.39 is 50.0 Å². The molecule has 0 unspecified atom stereocenters. The highest BCUT2D eigenvalue weighted by Gasteiger charge is 2.73. The lowest BCUT2D eigenvalue weighted by atomic mass is 10.2. The lowest BCUT2D eigenvalue weighted by Gasteiger charge is -2.27. The fraction of sp³-hybridized carbons (Fsp3) is 0.188. The van der Waals surface area contributed by atoms with Crippen LogP contribution in [-0.2, 0) is 0 Å². The van der Waals surface area contributed by atoms with Crippen molar-refractivity contribution in [3.8, 4) is 0 Å². The Hall–Kier alpha value is -1.85. The molecule has 158 valence electrons. The van der Waals surface area contributed by atoms with E-state index in [1.165, 1.54) is 24.3 Å². The maximum atomic E-state index is 13.5. The predicted molar refractivity (Wildman–Crippen MR) is 97.1 cm³/mol. The number of hydrogen-bond donors (Lipinski definition) is 2. The molecule has 0 aromatic heterocycles. The van der Waals surface area contributed by atoms with Gasteiger partial charge in [-0.25, -0.2) is 0 Å². The number of carbonyl (C=O) groups is 1. The first-order valence-corrected chi connectivity index (χ1v) is 8.90. The average Bonchev–Trinajstić information content (AvgIpc) is 2.56. The minimum atomic E-state index is -6.47. The molecule has 0 spiro atoms. The van der Waals surface area contributed by atoms with Gasteiger partial charge in [-0.15, -0.1) is 0 Å². The molecule has 0 saturated carbocycles. The zero-order valence-corrected chi connectivity index (χ0v) is 16.1. The third-order valence-electron chi connectivity index (χ3n) is 3.37. The van der Waals surface area contributed by atoms with Crippen LogP contribution >= 0.6 is 35.0 Å². The first kappa shape index (κ1) is 23.4. The number of anilines is 2. The van der Waals surface area contributed by atoms with Gasteiger partial charge in [-0.1, -0.05) is 29.3 Å². The summed E-state index contributed by atoms with van der Waals surface area (Å²) in [6.45, 7) is 0. The third kappa shape index (κ3) is 5.01. The van der Waals surface area contributed by atoms with Gasteiger partial charge in [-0.2, -0.15) is 30.7 Å². The summed E-state index contributed by atoms with van der Waals surface area (Å²) in [6, 6.07) is 7.06. The van der Waals surface area contributed by atoms with Crippen LogP contribution in [0.15, 0.2) is 41.3 Å². The van der Waals surface area contributed by atoms with Crippen LogP contribution < -0.4 is 11.1 Å². The van der Waals surface area contributed by atoms with Gasteiger partial charge in [0.05, 0.1) is 15.7 Å². The van der Waals surface area contributed by atoms with Crippen molar-refractivity contribution in [2.75, 3.05) is 11.1 Å². The molecule has 0 heterocycles. The van der Waals surface area contributed by atoms with Gasteiger partial charge in [-0.05, 0) is 42.1 Å². The summed E-state index contributed by atoms with van der Waals surface area (Å²) in [5.74, 6) is -7.03. The van der Waals surface area contributed by atoms with E-state index in [9.17, 15) is 35.5 Å². The monoisotopic (exact) mass is 480 g/mol. The number of benzene rings is 2. The van der Waals surface area contributed by atoms with Gasteiger partial charge < -0.3 is 11.1 Å². The van der Waals surface area contributed by atoms with Crippen LogP contribution in [0, 0.1) is 0 Å². The number of rotatable bonds is 5. The second-order valence-corrected chi connectivity index (χ2v) is 7.54. The van der Waals surface area contributed by atoms with E-state index in [2.05, 4.69) is 5.32 Å². The maximum Gasteiger partial charge on any atom is 0.460 e. The minimum Gasteiger partial charge on any atom is -0.399 e. The number of halogens is 9. The highest BCUT2D eigenvalue weighted by molar-refractivity contribution is 8.00. The van der Waals surface area contributed by atoms with Gasteiger partial charge in [0.1, 0.15) is 0 Å². The molecule has 0 saturated heterocycles. The van der Waals surface area contributed by atoms with Crippen LogP contribution in [0.1, 0.15) is 10.4 Å². The smallest absolute Gasteiger partial charge is 0.399 e. The molecule has 0 fully saturated rings. The quantitative estimate of drug-likeness (QED) is 0.284. The van der Waals surface area contributed by atoms with E-state index in [4.69, 9.17) is 28.9 Å². The van der Waals surface area contributed by atoms with Crippen LogP contribution in [0.4, 0.5) is 42.1 Å². The van der Waals surface area contributed by atoms with Crippen LogP contribution in [0.3, 0.4) is 0 Å². The summed E-state index contributed by atoms with van der Waals surface area (Å²) in [5.41, 5.74) is 5.67. The van der Waals surface area contributed by atoms with Gasteiger partial charge >= 0.3 is 17.4 Å². The van der Waals surface area contributed by atoms with E-state index in [1.807, 2.05) is 0 Å². The number of thioether (sulfide) groups is 1. The van der Waals surface area contributed by atoms with Gasteiger partial charge in [-0.3, -0.25) is 4.79 Å².